The van der Waals surface area contributed by atoms with Crippen LogP contribution >= 0.6 is 0 Å². The van der Waals surface area contributed by atoms with Gasteiger partial charge in [0.2, 0.25) is 12.3 Å². The van der Waals surface area contributed by atoms with Gasteiger partial charge in [0, 0.05) is 19.0 Å². The molecule has 0 aromatic heterocycles. The van der Waals surface area contributed by atoms with E-state index < -0.39 is 29.6 Å². The number of amides is 4. The van der Waals surface area contributed by atoms with E-state index in [4.69, 9.17) is 0 Å². The molecule has 9 heteroatoms. The van der Waals surface area contributed by atoms with Crippen LogP contribution in [0, 0.1) is 11.7 Å². The lowest BCUT2D eigenvalue weighted by Gasteiger charge is -2.23. The van der Waals surface area contributed by atoms with Gasteiger partial charge in [-0.15, -0.1) is 0 Å². The van der Waals surface area contributed by atoms with E-state index >= 15 is 0 Å². The van der Waals surface area contributed by atoms with Crippen LogP contribution in [-0.4, -0.2) is 54.4 Å². The predicted octanol–water partition coefficient (Wildman–Crippen LogP) is 0.888. The van der Waals surface area contributed by atoms with Crippen LogP contribution in [0.1, 0.15) is 46.9 Å². The monoisotopic (exact) mass is 389 g/mol. The van der Waals surface area contributed by atoms with E-state index in [2.05, 4.69) is 0 Å². The minimum atomic E-state index is -1.15. The van der Waals surface area contributed by atoms with Gasteiger partial charge in [-0.25, -0.2) is 4.39 Å². The predicted molar refractivity (Wildman–Crippen MR) is 96.2 cm³/mol. The Balaban J connectivity index is 1.95. The fraction of sp³-hybridized carbons (Fsp3) is 0.421. The van der Waals surface area contributed by atoms with Crippen LogP contribution in [-0.2, 0) is 14.4 Å². The third kappa shape index (κ3) is 3.28. The van der Waals surface area contributed by atoms with Gasteiger partial charge in [0.15, 0.2) is 0 Å². The number of halogens is 1. The van der Waals surface area contributed by atoms with E-state index in [0.717, 1.165) is 17.3 Å². The first kappa shape index (κ1) is 19.7. The van der Waals surface area contributed by atoms with Gasteiger partial charge in [-0.05, 0) is 25.0 Å². The molecule has 2 heterocycles. The van der Waals surface area contributed by atoms with Gasteiger partial charge < -0.3 is 9.69 Å². The van der Waals surface area contributed by atoms with Gasteiger partial charge in [-0.2, -0.15) is 0 Å². The highest BCUT2D eigenvalue weighted by Gasteiger charge is 2.43. The number of carbonyl (C=O) groups is 5. The molecule has 2 aliphatic rings. The Kier molecular flexibility index (Phi) is 5.53. The number of rotatable bonds is 7. The smallest absolute Gasteiger partial charge is 0.262 e. The van der Waals surface area contributed by atoms with Gasteiger partial charge >= 0.3 is 0 Å². The Bertz CT molecular complexity index is 856. The van der Waals surface area contributed by atoms with Crippen LogP contribution in [0.2, 0.25) is 0 Å². The molecule has 0 radical (unpaired) electrons. The van der Waals surface area contributed by atoms with Crippen molar-refractivity contribution in [1.82, 2.24) is 10.2 Å². The molecule has 1 aromatic rings. The zero-order valence-corrected chi connectivity index (χ0v) is 15.3. The zero-order valence-electron chi connectivity index (χ0n) is 15.3. The van der Waals surface area contributed by atoms with Gasteiger partial charge in [0.1, 0.15) is 18.1 Å². The second-order valence-electron chi connectivity index (χ2n) is 6.89. The van der Waals surface area contributed by atoms with Crippen molar-refractivity contribution in [3.63, 3.8) is 0 Å². The first-order valence-electron chi connectivity index (χ1n) is 9.08. The van der Waals surface area contributed by atoms with Crippen molar-refractivity contribution in [2.75, 3.05) is 18.0 Å². The van der Waals surface area contributed by atoms with Gasteiger partial charge in [0.25, 0.3) is 11.8 Å². The molecule has 0 spiro atoms. The maximum atomic E-state index is 14.6. The van der Waals surface area contributed by atoms with Crippen molar-refractivity contribution in [3.8, 4) is 0 Å². The molecule has 4 amide bonds. The van der Waals surface area contributed by atoms with Crippen LogP contribution in [0.5, 0.6) is 0 Å². The van der Waals surface area contributed by atoms with Gasteiger partial charge in [-0.3, -0.25) is 29.4 Å². The van der Waals surface area contributed by atoms with Crippen molar-refractivity contribution in [3.05, 3.63) is 29.1 Å². The number of aldehydes is 1. The van der Waals surface area contributed by atoms with Crippen molar-refractivity contribution >= 4 is 36.1 Å². The van der Waals surface area contributed by atoms with Crippen molar-refractivity contribution in [2.24, 2.45) is 5.92 Å². The second kappa shape index (κ2) is 7.87. The lowest BCUT2D eigenvalue weighted by molar-refractivity contribution is -0.128. The molecule has 1 N–H and O–H groups in total. The fourth-order valence-corrected chi connectivity index (χ4v) is 3.72. The third-order valence-corrected chi connectivity index (χ3v) is 5.12. The summed E-state index contributed by atoms with van der Waals surface area (Å²) >= 11 is 0. The average Bonchev–Trinajstić information content (AvgIpc) is 3.23. The molecule has 0 saturated carbocycles. The summed E-state index contributed by atoms with van der Waals surface area (Å²) in [6, 6.07) is 1.15. The Morgan fingerprint density at radius 1 is 1.29 bits per heavy atom. The average molecular weight is 389 g/mol. The van der Waals surface area contributed by atoms with Crippen LogP contribution in [0.15, 0.2) is 12.1 Å². The first-order chi connectivity index (χ1) is 13.4. The SMILES string of the molecule is CCCC(C(=O)NC=O)N1C(=O)c2cc(F)c(N3CCC(C=O)C3)cc2C1=O. The fourth-order valence-electron chi connectivity index (χ4n) is 3.72. The highest BCUT2D eigenvalue weighted by atomic mass is 19.1. The summed E-state index contributed by atoms with van der Waals surface area (Å²) in [5.41, 5.74) is 0.0452. The van der Waals surface area contributed by atoms with Crippen molar-refractivity contribution in [1.29, 1.82) is 0 Å². The Morgan fingerprint density at radius 3 is 2.54 bits per heavy atom. The molecule has 2 aliphatic heterocycles. The molecule has 0 bridgehead atoms. The minimum Gasteiger partial charge on any atom is -0.368 e. The number of carbonyl (C=O) groups excluding carboxylic acids is 5. The standard InChI is InChI=1S/C19H20FN3O5/c1-2-3-15(17(26)21-10-25)23-18(27)12-6-14(20)16(7-13(12)19(23)28)22-5-4-11(8-22)9-24/h6-7,9-11,15H,2-5,8H2,1H3,(H,21,25,26). The summed E-state index contributed by atoms with van der Waals surface area (Å²) < 4.78 is 14.6. The molecule has 1 saturated heterocycles. The summed E-state index contributed by atoms with van der Waals surface area (Å²) in [6.45, 7) is 2.57. The van der Waals surface area contributed by atoms with Crippen LogP contribution in [0.3, 0.4) is 0 Å². The Morgan fingerprint density at radius 2 is 1.96 bits per heavy atom. The zero-order chi connectivity index (χ0) is 20.4. The number of hydrogen-bond donors (Lipinski definition) is 1. The largest absolute Gasteiger partial charge is 0.368 e. The lowest BCUT2D eigenvalue weighted by Crippen LogP contribution is -2.49. The molecular formula is C19H20FN3O5. The van der Waals surface area contributed by atoms with E-state index in [1.54, 1.807) is 11.8 Å². The van der Waals surface area contributed by atoms with E-state index in [1.807, 2.05) is 5.32 Å². The summed E-state index contributed by atoms with van der Waals surface area (Å²) in [5.74, 6) is -3.11. The molecule has 0 aliphatic carbocycles. The first-order valence-corrected chi connectivity index (χ1v) is 9.08. The van der Waals surface area contributed by atoms with E-state index in [1.165, 1.54) is 6.07 Å². The normalized spacial score (nSPS) is 19.6. The topological polar surface area (TPSA) is 104 Å². The summed E-state index contributed by atoms with van der Waals surface area (Å²) in [5, 5.41) is 1.97. The van der Waals surface area contributed by atoms with E-state index in [9.17, 15) is 28.4 Å². The lowest BCUT2D eigenvalue weighted by atomic mass is 10.1. The van der Waals surface area contributed by atoms with E-state index in [-0.39, 0.29) is 35.6 Å². The highest BCUT2D eigenvalue weighted by molar-refractivity contribution is 6.23. The number of benzene rings is 1. The van der Waals surface area contributed by atoms with Crippen molar-refractivity contribution in [2.45, 2.75) is 32.2 Å². The molecule has 3 rings (SSSR count). The maximum Gasteiger partial charge on any atom is 0.262 e. The maximum absolute atomic E-state index is 14.6. The number of nitrogens with one attached hydrogen (secondary N) is 1. The van der Waals surface area contributed by atoms with E-state index in [0.29, 0.717) is 25.9 Å². The molecule has 1 aromatic carbocycles. The Hall–Kier alpha value is -3.10. The second-order valence-corrected chi connectivity index (χ2v) is 6.89. The number of hydrogen-bond acceptors (Lipinski definition) is 6. The van der Waals surface area contributed by atoms with Crippen LogP contribution in [0.25, 0.3) is 0 Å². The van der Waals surface area contributed by atoms with Crippen LogP contribution in [0.4, 0.5) is 10.1 Å². The number of nitrogens with zero attached hydrogens (tertiary/aromatic N) is 2. The van der Waals surface area contributed by atoms with Crippen molar-refractivity contribution < 1.29 is 28.4 Å². The molecule has 148 valence electrons. The number of anilines is 1. The molecule has 28 heavy (non-hydrogen) atoms. The Labute approximate surface area is 160 Å². The molecule has 2 unspecified atom stereocenters. The van der Waals surface area contributed by atoms with Crippen LogP contribution < -0.4 is 10.2 Å². The molecule has 2 atom stereocenters. The quantitative estimate of drug-likeness (QED) is 0.549. The summed E-state index contributed by atoms with van der Waals surface area (Å²) in [7, 11) is 0. The number of fused-ring (bicyclic) bond motifs is 1. The van der Waals surface area contributed by atoms with Gasteiger partial charge in [-0.1, -0.05) is 13.3 Å². The highest BCUT2D eigenvalue weighted by Crippen LogP contribution is 2.33. The molecule has 8 nitrogen and oxygen atoms in total. The van der Waals surface area contributed by atoms with Gasteiger partial charge in [0.05, 0.1) is 16.8 Å². The third-order valence-electron chi connectivity index (χ3n) is 5.12. The molecular weight excluding hydrogens is 369 g/mol. The summed E-state index contributed by atoms with van der Waals surface area (Å²) in [6.07, 6.45) is 2.27. The molecule has 1 fully saturated rings. The number of imide groups is 2. The minimum absolute atomic E-state index is 0.0101. The summed E-state index contributed by atoms with van der Waals surface area (Å²) in [4.78, 5) is 61.8.